The predicted molar refractivity (Wildman–Crippen MR) is 109 cm³/mol. The number of carbonyl (C=O) groups is 2. The molecule has 0 amide bonds. The molecule has 4 nitrogen and oxygen atoms in total. The highest BCUT2D eigenvalue weighted by Crippen LogP contribution is 2.22. The van der Waals surface area contributed by atoms with Crippen LogP contribution in [0.5, 0.6) is 0 Å². The Hall–Kier alpha value is -3.23. The van der Waals surface area contributed by atoms with Gasteiger partial charge in [-0.3, -0.25) is 9.59 Å². The molecular formula is C22H20N2O2S. The van der Waals surface area contributed by atoms with E-state index in [2.05, 4.69) is 0 Å². The number of hydrogen-bond acceptors (Lipinski definition) is 5. The van der Waals surface area contributed by atoms with Crippen LogP contribution in [-0.2, 0) is 0 Å². The second-order valence-corrected chi connectivity index (χ2v) is 6.97. The smallest absolute Gasteiger partial charge is 0.195 e. The summed E-state index contributed by atoms with van der Waals surface area (Å²) in [7, 11) is 0. The van der Waals surface area contributed by atoms with Crippen molar-refractivity contribution in [3.8, 4) is 6.07 Å². The molecule has 3 aromatic rings. The number of aryl methyl sites for hydroxylation is 2. The third-order valence-corrected chi connectivity index (χ3v) is 4.61. The second kappa shape index (κ2) is 9.46. The van der Waals surface area contributed by atoms with Gasteiger partial charge in [-0.15, -0.1) is 11.3 Å². The molecule has 0 bridgehead atoms. The van der Waals surface area contributed by atoms with E-state index in [1.807, 2.05) is 61.7 Å². The number of nitriles is 1. The highest BCUT2D eigenvalue weighted by atomic mass is 32.1. The maximum atomic E-state index is 12.0. The van der Waals surface area contributed by atoms with Gasteiger partial charge in [0.15, 0.2) is 11.6 Å². The Morgan fingerprint density at radius 3 is 1.89 bits per heavy atom. The van der Waals surface area contributed by atoms with Crippen molar-refractivity contribution in [1.29, 1.82) is 5.26 Å². The maximum absolute atomic E-state index is 12.0. The summed E-state index contributed by atoms with van der Waals surface area (Å²) in [4.78, 5) is 23.1. The van der Waals surface area contributed by atoms with Gasteiger partial charge in [-0.25, -0.2) is 0 Å². The zero-order valence-electron chi connectivity index (χ0n) is 15.2. The number of thiophene rings is 1. The summed E-state index contributed by atoms with van der Waals surface area (Å²) in [5.41, 5.74) is 9.86. The molecule has 1 heterocycles. The van der Waals surface area contributed by atoms with Gasteiger partial charge in [-0.05, 0) is 25.3 Å². The monoisotopic (exact) mass is 376 g/mol. The number of ketones is 2. The molecule has 2 aromatic carbocycles. The molecule has 27 heavy (non-hydrogen) atoms. The molecule has 0 spiro atoms. The van der Waals surface area contributed by atoms with Crippen molar-refractivity contribution in [2.45, 2.75) is 20.3 Å². The van der Waals surface area contributed by atoms with Crippen LogP contribution in [-0.4, -0.2) is 11.6 Å². The van der Waals surface area contributed by atoms with Crippen molar-refractivity contribution < 1.29 is 9.59 Å². The molecule has 0 saturated carbocycles. The highest BCUT2D eigenvalue weighted by molar-refractivity contribution is 7.14. The molecule has 0 unspecified atom stereocenters. The Bertz CT molecular complexity index is 965. The molecule has 0 atom stereocenters. The summed E-state index contributed by atoms with van der Waals surface area (Å²) in [6.07, 6.45) is -0.0386. The molecule has 0 radical (unpaired) electrons. The summed E-state index contributed by atoms with van der Waals surface area (Å²) in [5.74, 6) is -0.119. The van der Waals surface area contributed by atoms with Crippen molar-refractivity contribution in [3.05, 3.63) is 87.8 Å². The van der Waals surface area contributed by atoms with E-state index >= 15 is 0 Å². The van der Waals surface area contributed by atoms with E-state index in [0.29, 0.717) is 21.7 Å². The Morgan fingerprint density at radius 2 is 1.44 bits per heavy atom. The summed E-state index contributed by atoms with van der Waals surface area (Å²) in [5, 5.41) is 10.7. The Labute approximate surface area is 162 Å². The fourth-order valence-corrected chi connectivity index (χ4v) is 2.92. The van der Waals surface area contributed by atoms with Crippen molar-refractivity contribution in [3.63, 3.8) is 0 Å². The summed E-state index contributed by atoms with van der Waals surface area (Å²) in [6.45, 7) is 3.95. The standard InChI is InChI=1S/C12H11NOS.C10H9NO/c1-8-2-4-9(5-3-8)11(14)10-6-7-15-12(10)13;1-8-2-4-9(5-3-8)10(12)6-7-11/h2-7H,13H2,1H3;2-5H,6H2,1H3. The first-order valence-electron chi connectivity index (χ1n) is 8.33. The van der Waals surface area contributed by atoms with Gasteiger partial charge >= 0.3 is 0 Å². The van der Waals surface area contributed by atoms with Crippen molar-refractivity contribution in [2.24, 2.45) is 0 Å². The van der Waals surface area contributed by atoms with Crippen LogP contribution >= 0.6 is 11.3 Å². The van der Waals surface area contributed by atoms with Gasteiger partial charge in [0.05, 0.1) is 23.1 Å². The zero-order valence-corrected chi connectivity index (χ0v) is 16.0. The number of nitrogens with two attached hydrogens (primary N) is 1. The number of hydrogen-bond donors (Lipinski definition) is 1. The quantitative estimate of drug-likeness (QED) is 0.652. The molecular weight excluding hydrogens is 356 g/mol. The molecule has 0 aliphatic heterocycles. The van der Waals surface area contributed by atoms with E-state index in [1.165, 1.54) is 11.3 Å². The van der Waals surface area contributed by atoms with E-state index in [1.54, 1.807) is 18.2 Å². The fraction of sp³-hybridized carbons (Fsp3) is 0.136. The molecule has 136 valence electrons. The van der Waals surface area contributed by atoms with Crippen LogP contribution in [0.3, 0.4) is 0 Å². The van der Waals surface area contributed by atoms with E-state index in [0.717, 1.165) is 11.1 Å². The lowest BCUT2D eigenvalue weighted by molar-refractivity contribution is 0.0996. The average molecular weight is 376 g/mol. The molecule has 1 aromatic heterocycles. The van der Waals surface area contributed by atoms with E-state index in [-0.39, 0.29) is 18.0 Å². The zero-order chi connectivity index (χ0) is 19.8. The lowest BCUT2D eigenvalue weighted by Gasteiger charge is -2.00. The van der Waals surface area contributed by atoms with E-state index in [4.69, 9.17) is 11.0 Å². The minimum absolute atomic E-state index is 0.00579. The van der Waals surface area contributed by atoms with Crippen molar-refractivity contribution in [2.75, 3.05) is 5.73 Å². The van der Waals surface area contributed by atoms with Crippen LogP contribution in [0.15, 0.2) is 60.0 Å². The first kappa shape index (κ1) is 20.1. The lowest BCUT2D eigenvalue weighted by atomic mass is 10.0. The minimum Gasteiger partial charge on any atom is -0.390 e. The average Bonchev–Trinajstić information content (AvgIpc) is 3.09. The topological polar surface area (TPSA) is 84.0 Å². The first-order valence-corrected chi connectivity index (χ1v) is 9.21. The van der Waals surface area contributed by atoms with E-state index in [9.17, 15) is 9.59 Å². The first-order chi connectivity index (χ1) is 12.9. The number of anilines is 1. The Balaban J connectivity index is 0.000000199. The third kappa shape index (κ3) is 5.63. The number of Topliss-reactive ketones (excluding diaryl/α,β-unsaturated/α-hetero) is 1. The Kier molecular flexibility index (Phi) is 7.04. The van der Waals surface area contributed by atoms with Gasteiger partial charge in [-0.1, -0.05) is 59.7 Å². The van der Waals surface area contributed by atoms with Gasteiger partial charge in [0.1, 0.15) is 0 Å². The van der Waals surface area contributed by atoms with Gasteiger partial charge < -0.3 is 5.73 Å². The molecule has 5 heteroatoms. The molecule has 3 rings (SSSR count). The van der Waals surface area contributed by atoms with Crippen LogP contribution in [0.4, 0.5) is 5.00 Å². The molecule has 0 aliphatic rings. The second-order valence-electron chi connectivity index (χ2n) is 6.02. The van der Waals surface area contributed by atoms with Gasteiger partial charge in [0.2, 0.25) is 0 Å². The maximum Gasteiger partial charge on any atom is 0.195 e. The normalized spacial score (nSPS) is 9.67. The predicted octanol–water partition coefficient (Wildman–Crippen LogP) is 4.96. The van der Waals surface area contributed by atoms with Crippen LogP contribution in [0, 0.1) is 25.2 Å². The number of rotatable bonds is 4. The number of nitrogens with zero attached hydrogens (tertiary/aromatic N) is 1. The Morgan fingerprint density at radius 1 is 0.926 bits per heavy atom. The largest absolute Gasteiger partial charge is 0.390 e. The molecule has 0 saturated heterocycles. The SMILES string of the molecule is Cc1ccc(C(=O)CC#N)cc1.Cc1ccc(C(=O)c2ccsc2N)cc1. The summed E-state index contributed by atoms with van der Waals surface area (Å²) in [6, 6.07) is 18.3. The number of benzene rings is 2. The molecule has 0 aliphatic carbocycles. The van der Waals surface area contributed by atoms with Gasteiger partial charge in [0, 0.05) is 11.1 Å². The number of carbonyl (C=O) groups excluding carboxylic acids is 2. The molecule has 2 N–H and O–H groups in total. The third-order valence-electron chi connectivity index (χ3n) is 3.87. The summed E-state index contributed by atoms with van der Waals surface area (Å²) < 4.78 is 0. The van der Waals surface area contributed by atoms with Crippen LogP contribution < -0.4 is 5.73 Å². The minimum atomic E-state index is -0.113. The van der Waals surface area contributed by atoms with Gasteiger partial charge in [0.25, 0.3) is 0 Å². The highest BCUT2D eigenvalue weighted by Gasteiger charge is 2.12. The van der Waals surface area contributed by atoms with Crippen LogP contribution in [0.25, 0.3) is 0 Å². The number of nitrogen functional groups attached to an aromatic ring is 1. The fourth-order valence-electron chi connectivity index (χ4n) is 2.28. The molecule has 0 fully saturated rings. The van der Waals surface area contributed by atoms with Gasteiger partial charge in [-0.2, -0.15) is 5.26 Å². The van der Waals surface area contributed by atoms with Crippen LogP contribution in [0.1, 0.15) is 43.8 Å². The van der Waals surface area contributed by atoms with Crippen molar-refractivity contribution >= 4 is 27.9 Å². The summed E-state index contributed by atoms with van der Waals surface area (Å²) >= 11 is 1.39. The van der Waals surface area contributed by atoms with Crippen molar-refractivity contribution in [1.82, 2.24) is 0 Å². The van der Waals surface area contributed by atoms with E-state index < -0.39 is 0 Å². The lowest BCUT2D eigenvalue weighted by Crippen LogP contribution is -2.02. The van der Waals surface area contributed by atoms with Crippen LogP contribution in [0.2, 0.25) is 0 Å².